The third-order valence-corrected chi connectivity index (χ3v) is 3.37. The van der Waals surface area contributed by atoms with Crippen molar-refractivity contribution < 1.29 is 9.59 Å². The van der Waals surface area contributed by atoms with Crippen LogP contribution >= 0.6 is 23.2 Å². The van der Waals surface area contributed by atoms with Crippen LogP contribution in [-0.2, 0) is 4.79 Å². The summed E-state index contributed by atoms with van der Waals surface area (Å²) in [7, 11) is 0. The first-order chi connectivity index (χ1) is 7.59. The monoisotopic (exact) mass is 256 g/mol. The molecule has 1 aromatic rings. The Morgan fingerprint density at radius 3 is 2.62 bits per heavy atom. The van der Waals surface area contributed by atoms with Gasteiger partial charge < -0.3 is 0 Å². The summed E-state index contributed by atoms with van der Waals surface area (Å²) in [6, 6.07) is 4.72. The summed E-state index contributed by atoms with van der Waals surface area (Å²) in [5, 5.41) is 0.802. The molecule has 1 atom stereocenters. The quantitative estimate of drug-likeness (QED) is 0.599. The topological polar surface area (TPSA) is 34.1 Å². The summed E-state index contributed by atoms with van der Waals surface area (Å²) in [5.74, 6) is -0.654. The number of carbonyl (C=O) groups excluding carboxylic acids is 2. The number of carbonyl (C=O) groups is 2. The summed E-state index contributed by atoms with van der Waals surface area (Å²) in [4.78, 5) is 23.5. The summed E-state index contributed by atoms with van der Waals surface area (Å²) in [6.07, 6.45) is 1.93. The second kappa shape index (κ2) is 4.56. The minimum absolute atomic E-state index is 0.0241. The standard InChI is InChI=1S/C12H10Cl2O2/c13-7-4-5-8(10(14)6-7)12(16)9-2-1-3-11(9)15/h4-6,9H,1-3H2. The van der Waals surface area contributed by atoms with Crippen LogP contribution in [-0.4, -0.2) is 11.6 Å². The Bertz CT molecular complexity index is 454. The molecule has 84 valence electrons. The summed E-state index contributed by atoms with van der Waals surface area (Å²) in [6.45, 7) is 0. The lowest BCUT2D eigenvalue weighted by Gasteiger charge is -2.08. The van der Waals surface area contributed by atoms with E-state index in [1.54, 1.807) is 12.1 Å². The van der Waals surface area contributed by atoms with Crippen molar-refractivity contribution in [3.8, 4) is 0 Å². The van der Waals surface area contributed by atoms with Gasteiger partial charge in [-0.3, -0.25) is 9.59 Å². The van der Waals surface area contributed by atoms with Gasteiger partial charge in [-0.25, -0.2) is 0 Å². The van der Waals surface area contributed by atoms with Gasteiger partial charge in [0.2, 0.25) is 0 Å². The fraction of sp³-hybridized carbons (Fsp3) is 0.333. The molecule has 16 heavy (non-hydrogen) atoms. The van der Waals surface area contributed by atoms with Crippen LogP contribution in [0, 0.1) is 5.92 Å². The van der Waals surface area contributed by atoms with Gasteiger partial charge in [-0.15, -0.1) is 0 Å². The molecule has 1 unspecified atom stereocenters. The first-order valence-corrected chi connectivity index (χ1v) is 5.87. The molecule has 0 aromatic heterocycles. The van der Waals surface area contributed by atoms with Gasteiger partial charge in [0.05, 0.1) is 10.9 Å². The van der Waals surface area contributed by atoms with E-state index < -0.39 is 5.92 Å². The van der Waals surface area contributed by atoms with Crippen molar-refractivity contribution in [3.05, 3.63) is 33.8 Å². The van der Waals surface area contributed by atoms with Crippen LogP contribution in [0.2, 0.25) is 10.0 Å². The fourth-order valence-corrected chi connectivity index (χ4v) is 2.47. The van der Waals surface area contributed by atoms with E-state index >= 15 is 0 Å². The third kappa shape index (κ3) is 2.13. The average molecular weight is 257 g/mol. The Labute approximate surface area is 104 Å². The molecule has 1 aliphatic carbocycles. The van der Waals surface area contributed by atoms with Crippen LogP contribution in [0.25, 0.3) is 0 Å². The van der Waals surface area contributed by atoms with E-state index in [-0.39, 0.29) is 11.6 Å². The molecule has 0 heterocycles. The van der Waals surface area contributed by atoms with Gasteiger partial charge in [0, 0.05) is 17.0 Å². The van der Waals surface area contributed by atoms with Gasteiger partial charge in [-0.05, 0) is 31.0 Å². The number of rotatable bonds is 2. The summed E-state index contributed by atoms with van der Waals surface area (Å²) >= 11 is 11.7. The highest BCUT2D eigenvalue weighted by Crippen LogP contribution is 2.29. The Kier molecular flexibility index (Phi) is 3.31. The molecule has 2 nitrogen and oxygen atoms in total. The zero-order valence-electron chi connectivity index (χ0n) is 8.50. The number of hydrogen-bond donors (Lipinski definition) is 0. The van der Waals surface area contributed by atoms with Gasteiger partial charge in [0.15, 0.2) is 5.78 Å². The van der Waals surface area contributed by atoms with E-state index in [2.05, 4.69) is 0 Å². The minimum atomic E-state index is -0.501. The molecule has 1 saturated carbocycles. The normalized spacial score (nSPS) is 20.1. The van der Waals surface area contributed by atoms with Crippen molar-refractivity contribution >= 4 is 34.8 Å². The van der Waals surface area contributed by atoms with Crippen molar-refractivity contribution in [2.75, 3.05) is 0 Å². The van der Waals surface area contributed by atoms with Gasteiger partial charge >= 0.3 is 0 Å². The van der Waals surface area contributed by atoms with Crippen molar-refractivity contribution in [1.82, 2.24) is 0 Å². The van der Waals surface area contributed by atoms with E-state index in [1.807, 2.05) is 0 Å². The van der Waals surface area contributed by atoms with Crippen LogP contribution in [0.4, 0.5) is 0 Å². The molecule has 0 radical (unpaired) electrons. The Morgan fingerprint density at radius 2 is 2.06 bits per heavy atom. The van der Waals surface area contributed by atoms with Crippen molar-refractivity contribution in [1.29, 1.82) is 0 Å². The van der Waals surface area contributed by atoms with Crippen molar-refractivity contribution in [2.45, 2.75) is 19.3 Å². The van der Waals surface area contributed by atoms with E-state index in [0.29, 0.717) is 28.5 Å². The fourth-order valence-electron chi connectivity index (χ4n) is 1.97. The lowest BCUT2D eigenvalue weighted by atomic mass is 9.95. The predicted octanol–water partition coefficient (Wildman–Crippen LogP) is 3.55. The highest BCUT2D eigenvalue weighted by molar-refractivity contribution is 6.37. The Morgan fingerprint density at radius 1 is 1.31 bits per heavy atom. The molecule has 1 fully saturated rings. The van der Waals surface area contributed by atoms with Crippen molar-refractivity contribution in [2.24, 2.45) is 5.92 Å². The maximum Gasteiger partial charge on any atom is 0.174 e. The zero-order chi connectivity index (χ0) is 11.7. The highest BCUT2D eigenvalue weighted by Gasteiger charge is 2.32. The van der Waals surface area contributed by atoms with Crippen LogP contribution < -0.4 is 0 Å². The first-order valence-electron chi connectivity index (χ1n) is 5.11. The van der Waals surface area contributed by atoms with Crippen LogP contribution in [0.5, 0.6) is 0 Å². The Hall–Kier alpha value is -0.860. The van der Waals surface area contributed by atoms with E-state index in [0.717, 1.165) is 6.42 Å². The van der Waals surface area contributed by atoms with Gasteiger partial charge in [-0.2, -0.15) is 0 Å². The molecular weight excluding hydrogens is 247 g/mol. The maximum absolute atomic E-state index is 12.0. The van der Waals surface area contributed by atoms with Gasteiger partial charge in [0.25, 0.3) is 0 Å². The van der Waals surface area contributed by atoms with Crippen LogP contribution in [0.3, 0.4) is 0 Å². The molecule has 0 aliphatic heterocycles. The molecular formula is C12H10Cl2O2. The molecule has 4 heteroatoms. The highest BCUT2D eigenvalue weighted by atomic mass is 35.5. The maximum atomic E-state index is 12.0. The second-order valence-corrected chi connectivity index (χ2v) is 4.74. The lowest BCUT2D eigenvalue weighted by molar-refractivity contribution is -0.119. The van der Waals surface area contributed by atoms with E-state index in [1.165, 1.54) is 6.07 Å². The summed E-state index contributed by atoms with van der Waals surface area (Å²) in [5.41, 5.74) is 0.395. The van der Waals surface area contributed by atoms with Crippen LogP contribution in [0.15, 0.2) is 18.2 Å². The number of halogens is 2. The molecule has 0 amide bonds. The zero-order valence-corrected chi connectivity index (χ0v) is 10.0. The smallest absolute Gasteiger partial charge is 0.174 e. The van der Waals surface area contributed by atoms with Crippen LogP contribution in [0.1, 0.15) is 29.6 Å². The number of benzene rings is 1. The molecule has 2 rings (SSSR count). The minimum Gasteiger partial charge on any atom is -0.299 e. The number of ketones is 2. The van der Waals surface area contributed by atoms with E-state index in [9.17, 15) is 9.59 Å². The molecule has 0 N–H and O–H groups in total. The van der Waals surface area contributed by atoms with Crippen molar-refractivity contribution in [3.63, 3.8) is 0 Å². The largest absolute Gasteiger partial charge is 0.299 e. The molecule has 0 saturated heterocycles. The lowest BCUT2D eigenvalue weighted by Crippen LogP contribution is -2.19. The first kappa shape index (κ1) is 11.6. The third-order valence-electron chi connectivity index (χ3n) is 2.82. The molecule has 0 bridgehead atoms. The van der Waals surface area contributed by atoms with Gasteiger partial charge in [-0.1, -0.05) is 23.2 Å². The molecule has 0 spiro atoms. The summed E-state index contributed by atoms with van der Waals surface area (Å²) < 4.78 is 0. The second-order valence-electron chi connectivity index (χ2n) is 3.90. The average Bonchev–Trinajstić information content (AvgIpc) is 2.63. The van der Waals surface area contributed by atoms with E-state index in [4.69, 9.17) is 23.2 Å². The molecule has 1 aromatic carbocycles. The SMILES string of the molecule is O=C1CCCC1C(=O)c1ccc(Cl)cc1Cl. The number of Topliss-reactive ketones (excluding diaryl/α,β-unsaturated/α-hetero) is 2. The molecule has 1 aliphatic rings. The predicted molar refractivity (Wildman–Crippen MR) is 63.1 cm³/mol. The Balaban J connectivity index is 2.30. The number of hydrogen-bond acceptors (Lipinski definition) is 2. The van der Waals surface area contributed by atoms with Gasteiger partial charge in [0.1, 0.15) is 5.78 Å².